The van der Waals surface area contributed by atoms with Gasteiger partial charge in [0.15, 0.2) is 0 Å². The lowest BCUT2D eigenvalue weighted by Crippen LogP contribution is -2.18. The van der Waals surface area contributed by atoms with Crippen molar-refractivity contribution in [1.82, 2.24) is 0 Å². The predicted octanol–water partition coefficient (Wildman–Crippen LogP) is 16.8. The van der Waals surface area contributed by atoms with Gasteiger partial charge in [0.2, 0.25) is 0 Å². The molecule has 0 amide bonds. The Hall–Kier alpha value is -7.16. The highest BCUT2D eigenvalue weighted by atomic mass is 15.1. The molecular weight excluding hydrogens is 737 g/mol. The average Bonchev–Trinajstić information content (AvgIpc) is 3.49. The third kappa shape index (κ3) is 7.09. The first-order chi connectivity index (χ1) is 29.5. The second-order valence-electron chi connectivity index (χ2n) is 17.0. The van der Waals surface area contributed by atoms with Crippen LogP contribution in [0.3, 0.4) is 0 Å². The molecule has 0 saturated heterocycles. The quantitative estimate of drug-likeness (QED) is 0.136. The minimum Gasteiger partial charge on any atom is -0.310 e. The molecule has 0 fully saturated rings. The van der Waals surface area contributed by atoms with Crippen molar-refractivity contribution in [3.8, 4) is 33.4 Å². The molecule has 298 valence electrons. The van der Waals surface area contributed by atoms with E-state index in [-0.39, 0.29) is 5.41 Å². The molecule has 0 unspecified atom stereocenters. The summed E-state index contributed by atoms with van der Waals surface area (Å²) >= 11 is 0. The molecule has 1 aliphatic carbocycles. The van der Waals surface area contributed by atoms with Crippen LogP contribution in [0.5, 0.6) is 0 Å². The van der Waals surface area contributed by atoms with Crippen molar-refractivity contribution < 1.29 is 0 Å². The molecule has 8 aromatic rings. The number of nitrogens with zero attached hydrogens (tertiary/aromatic N) is 2. The van der Waals surface area contributed by atoms with E-state index in [0.717, 1.165) is 45.3 Å². The van der Waals surface area contributed by atoms with E-state index in [1.54, 1.807) is 0 Å². The van der Waals surface area contributed by atoms with Crippen LogP contribution in [0, 0.1) is 27.7 Å². The standard InChI is InChI=1S/C59H52N2/c1-9-43-19-15-21-45(35-43)60(47-25-29-53(41(5)33-47)51-23-13-11-17-39(51)3)49-27-31-55-56-32-28-50(38-58(56)59(7,8)57(55)37-49)61(46-22-16-20-44(10-2)36-46)48-26-30-54(42(6)34-48)52-24-14-12-18-40(52)4/h9-38H,1-2H2,3-8H3. The van der Waals surface area contributed by atoms with Gasteiger partial charge >= 0.3 is 0 Å². The lowest BCUT2D eigenvalue weighted by Gasteiger charge is -2.30. The molecule has 2 nitrogen and oxygen atoms in total. The molecule has 1 aliphatic rings. The third-order valence-corrected chi connectivity index (χ3v) is 12.7. The van der Waals surface area contributed by atoms with Gasteiger partial charge in [-0.1, -0.05) is 136 Å². The summed E-state index contributed by atoms with van der Waals surface area (Å²) in [6.45, 7) is 21.8. The third-order valence-electron chi connectivity index (χ3n) is 12.7. The summed E-state index contributed by atoms with van der Waals surface area (Å²) < 4.78 is 0. The number of aryl methyl sites for hydroxylation is 4. The molecule has 0 N–H and O–H groups in total. The number of rotatable bonds is 10. The zero-order valence-corrected chi connectivity index (χ0v) is 36.1. The molecule has 0 bridgehead atoms. The van der Waals surface area contributed by atoms with E-state index < -0.39 is 0 Å². The van der Waals surface area contributed by atoms with Gasteiger partial charge in [-0.25, -0.2) is 0 Å². The summed E-state index contributed by atoms with van der Waals surface area (Å²) in [6, 6.07) is 62.4. The number of hydrogen-bond donors (Lipinski definition) is 0. The van der Waals surface area contributed by atoms with E-state index in [0.29, 0.717) is 0 Å². The van der Waals surface area contributed by atoms with Crippen molar-refractivity contribution in [3.05, 3.63) is 228 Å². The topological polar surface area (TPSA) is 6.48 Å². The first kappa shape index (κ1) is 39.3. The van der Waals surface area contributed by atoms with Crippen molar-refractivity contribution in [3.63, 3.8) is 0 Å². The monoisotopic (exact) mass is 788 g/mol. The number of benzene rings is 8. The van der Waals surface area contributed by atoms with Crippen LogP contribution in [0.25, 0.3) is 45.5 Å². The summed E-state index contributed by atoms with van der Waals surface area (Å²) in [7, 11) is 0. The maximum atomic E-state index is 4.10. The Morgan fingerprint density at radius 3 is 1.07 bits per heavy atom. The minimum atomic E-state index is -0.269. The van der Waals surface area contributed by atoms with Gasteiger partial charge < -0.3 is 9.80 Å². The molecule has 9 rings (SSSR count). The summed E-state index contributed by atoms with van der Waals surface area (Å²) in [5.41, 5.74) is 23.8. The number of anilines is 6. The van der Waals surface area contributed by atoms with Crippen LogP contribution in [0.2, 0.25) is 0 Å². The van der Waals surface area contributed by atoms with Gasteiger partial charge in [0, 0.05) is 39.5 Å². The van der Waals surface area contributed by atoms with E-state index in [4.69, 9.17) is 0 Å². The molecule has 0 spiro atoms. The van der Waals surface area contributed by atoms with Gasteiger partial charge in [0.05, 0.1) is 0 Å². The fourth-order valence-electron chi connectivity index (χ4n) is 9.40. The molecule has 0 aliphatic heterocycles. The second kappa shape index (κ2) is 15.8. The SMILES string of the molecule is C=Cc1cccc(N(c2ccc(-c3ccccc3C)c(C)c2)c2ccc3c(c2)C(C)(C)c2cc(N(c4cccc(C=C)c4)c4ccc(-c5ccccc5C)c(C)c4)ccc2-3)c1. The van der Waals surface area contributed by atoms with E-state index in [2.05, 4.69) is 234 Å². The van der Waals surface area contributed by atoms with Crippen LogP contribution >= 0.6 is 0 Å². The average molecular weight is 789 g/mol. The van der Waals surface area contributed by atoms with Crippen LogP contribution in [-0.2, 0) is 5.41 Å². The minimum absolute atomic E-state index is 0.269. The molecule has 61 heavy (non-hydrogen) atoms. The maximum Gasteiger partial charge on any atom is 0.0467 e. The Morgan fingerprint density at radius 1 is 0.344 bits per heavy atom. The van der Waals surface area contributed by atoms with Crippen LogP contribution in [-0.4, -0.2) is 0 Å². The van der Waals surface area contributed by atoms with Gasteiger partial charge in [-0.2, -0.15) is 0 Å². The normalized spacial score (nSPS) is 12.4. The Morgan fingerprint density at radius 2 is 0.689 bits per heavy atom. The maximum absolute atomic E-state index is 4.10. The van der Waals surface area contributed by atoms with Crippen LogP contribution in [0.4, 0.5) is 34.1 Å². The highest BCUT2D eigenvalue weighted by Gasteiger charge is 2.37. The molecular formula is C59H52N2. The lowest BCUT2D eigenvalue weighted by atomic mass is 9.82. The van der Waals surface area contributed by atoms with Gasteiger partial charge in [-0.05, 0) is 178 Å². The van der Waals surface area contributed by atoms with E-state index in [1.165, 1.54) is 66.8 Å². The predicted molar refractivity (Wildman–Crippen MR) is 263 cm³/mol. The molecule has 0 radical (unpaired) electrons. The molecule has 0 atom stereocenters. The fraction of sp³-hybridized carbons (Fsp3) is 0.119. The van der Waals surface area contributed by atoms with Crippen molar-refractivity contribution in [2.45, 2.75) is 47.0 Å². The first-order valence-electron chi connectivity index (χ1n) is 21.2. The smallest absolute Gasteiger partial charge is 0.0467 e. The van der Waals surface area contributed by atoms with Crippen LogP contribution < -0.4 is 9.80 Å². The highest BCUT2D eigenvalue weighted by Crippen LogP contribution is 2.53. The number of fused-ring (bicyclic) bond motifs is 3. The summed E-state index contributed by atoms with van der Waals surface area (Å²) in [6.07, 6.45) is 3.84. The van der Waals surface area contributed by atoms with Crippen molar-refractivity contribution in [1.29, 1.82) is 0 Å². The van der Waals surface area contributed by atoms with E-state index in [9.17, 15) is 0 Å². The van der Waals surface area contributed by atoms with Gasteiger partial charge in [-0.15, -0.1) is 0 Å². The van der Waals surface area contributed by atoms with Crippen LogP contribution in [0.1, 0.15) is 58.4 Å². The van der Waals surface area contributed by atoms with Gasteiger partial charge in [0.25, 0.3) is 0 Å². The molecule has 8 aromatic carbocycles. The molecule has 0 saturated carbocycles. The summed E-state index contributed by atoms with van der Waals surface area (Å²) in [5.74, 6) is 0. The highest BCUT2D eigenvalue weighted by molar-refractivity contribution is 5.90. The molecule has 0 heterocycles. The van der Waals surface area contributed by atoms with Crippen molar-refractivity contribution >= 4 is 46.3 Å². The van der Waals surface area contributed by atoms with Crippen molar-refractivity contribution in [2.75, 3.05) is 9.80 Å². The Labute approximate surface area is 362 Å². The van der Waals surface area contributed by atoms with E-state index >= 15 is 0 Å². The largest absolute Gasteiger partial charge is 0.310 e. The number of hydrogen-bond acceptors (Lipinski definition) is 2. The Kier molecular flexibility index (Phi) is 10.2. The van der Waals surface area contributed by atoms with Gasteiger partial charge in [-0.3, -0.25) is 0 Å². The van der Waals surface area contributed by atoms with E-state index in [1.807, 2.05) is 12.2 Å². The van der Waals surface area contributed by atoms with Crippen molar-refractivity contribution in [2.24, 2.45) is 0 Å². The molecule has 0 aromatic heterocycles. The zero-order valence-electron chi connectivity index (χ0n) is 36.1. The fourth-order valence-corrected chi connectivity index (χ4v) is 9.40. The first-order valence-corrected chi connectivity index (χ1v) is 21.2. The summed E-state index contributed by atoms with van der Waals surface area (Å²) in [5, 5.41) is 0. The molecule has 2 heteroatoms. The van der Waals surface area contributed by atoms with Crippen LogP contribution in [0.15, 0.2) is 183 Å². The zero-order chi connectivity index (χ0) is 42.4. The van der Waals surface area contributed by atoms with Gasteiger partial charge in [0.1, 0.15) is 0 Å². The Balaban J connectivity index is 1.14. The Bertz CT molecular complexity index is 2800. The summed E-state index contributed by atoms with van der Waals surface area (Å²) in [4.78, 5) is 4.79. The lowest BCUT2D eigenvalue weighted by molar-refractivity contribution is 0.660. The second-order valence-corrected chi connectivity index (χ2v) is 17.0.